The Kier molecular flexibility index (Phi) is 5.07. The molecule has 23 heavy (non-hydrogen) atoms. The van der Waals surface area contributed by atoms with Crippen molar-refractivity contribution in [3.05, 3.63) is 52.3 Å². The average molecular weight is 398 g/mol. The second-order valence-corrected chi connectivity index (χ2v) is 6.69. The van der Waals surface area contributed by atoms with Crippen LogP contribution in [0.2, 0.25) is 0 Å². The van der Waals surface area contributed by atoms with Gasteiger partial charge in [-0.15, -0.1) is 11.8 Å². The third-order valence-corrected chi connectivity index (χ3v) is 4.86. The zero-order valence-corrected chi connectivity index (χ0v) is 14.4. The van der Waals surface area contributed by atoms with Crippen LogP contribution in [-0.2, 0) is 10.5 Å². The number of hydrogen-bond acceptors (Lipinski definition) is 4. The monoisotopic (exact) mass is 397 g/mol. The highest BCUT2D eigenvalue weighted by Crippen LogP contribution is 2.38. The number of benzene rings is 2. The second-order valence-electron chi connectivity index (χ2n) is 4.85. The normalized spacial score (nSPS) is 12.3. The molecule has 0 atom stereocenters. The predicted molar refractivity (Wildman–Crippen MR) is 91.5 cm³/mol. The van der Waals surface area contributed by atoms with Crippen LogP contribution in [0.4, 0.5) is 10.1 Å². The fourth-order valence-electron chi connectivity index (χ4n) is 2.09. The van der Waals surface area contributed by atoms with Crippen molar-refractivity contribution in [2.24, 2.45) is 0 Å². The van der Waals surface area contributed by atoms with E-state index in [2.05, 4.69) is 21.2 Å². The molecule has 0 unspecified atom stereocenters. The number of carbonyl (C=O) groups excluding carboxylic acids is 1. The molecule has 1 amide bonds. The van der Waals surface area contributed by atoms with Crippen LogP contribution in [0.5, 0.6) is 11.5 Å². The van der Waals surface area contributed by atoms with Crippen LogP contribution in [0, 0.1) is 5.82 Å². The molecule has 2 aromatic carbocycles. The van der Waals surface area contributed by atoms with E-state index in [1.54, 1.807) is 12.1 Å². The smallest absolute Gasteiger partial charge is 0.234 e. The highest BCUT2D eigenvalue weighted by atomic mass is 79.9. The van der Waals surface area contributed by atoms with Gasteiger partial charge in [-0.3, -0.25) is 4.79 Å². The van der Waals surface area contributed by atoms with Gasteiger partial charge in [0, 0.05) is 15.9 Å². The van der Waals surface area contributed by atoms with Crippen molar-refractivity contribution in [1.82, 2.24) is 0 Å². The third kappa shape index (κ3) is 4.17. The predicted octanol–water partition coefficient (Wildman–Crippen LogP) is 4.19. The van der Waals surface area contributed by atoms with Crippen molar-refractivity contribution in [2.45, 2.75) is 5.75 Å². The number of hydrogen-bond donors (Lipinski definition) is 1. The van der Waals surface area contributed by atoms with Gasteiger partial charge < -0.3 is 14.8 Å². The van der Waals surface area contributed by atoms with E-state index in [1.165, 1.54) is 23.9 Å². The van der Waals surface area contributed by atoms with Crippen LogP contribution in [0.25, 0.3) is 0 Å². The number of halogens is 2. The highest BCUT2D eigenvalue weighted by molar-refractivity contribution is 9.10. The summed E-state index contributed by atoms with van der Waals surface area (Å²) in [4.78, 5) is 11.9. The van der Waals surface area contributed by atoms with Crippen molar-refractivity contribution in [2.75, 3.05) is 17.9 Å². The molecular weight excluding hydrogens is 385 g/mol. The molecule has 4 nitrogen and oxygen atoms in total. The first-order chi connectivity index (χ1) is 11.1. The van der Waals surface area contributed by atoms with Crippen LogP contribution in [0.1, 0.15) is 5.56 Å². The van der Waals surface area contributed by atoms with Crippen molar-refractivity contribution in [1.29, 1.82) is 0 Å². The summed E-state index contributed by atoms with van der Waals surface area (Å²) in [6, 6.07) is 9.61. The van der Waals surface area contributed by atoms with Gasteiger partial charge in [-0.2, -0.15) is 0 Å². The van der Waals surface area contributed by atoms with Crippen molar-refractivity contribution >= 4 is 39.3 Å². The molecular formula is C16H13BrFNO3S. The van der Waals surface area contributed by atoms with Crippen molar-refractivity contribution in [3.8, 4) is 11.5 Å². The summed E-state index contributed by atoms with van der Waals surface area (Å²) in [5, 5.41) is 2.67. The van der Waals surface area contributed by atoms with E-state index in [0.29, 0.717) is 17.2 Å². The molecule has 0 spiro atoms. The van der Waals surface area contributed by atoms with Gasteiger partial charge in [-0.1, -0.05) is 22.0 Å². The number of anilines is 1. The third-order valence-electron chi connectivity index (χ3n) is 3.14. The Bertz CT molecular complexity index is 741. The van der Waals surface area contributed by atoms with Gasteiger partial charge in [-0.05, 0) is 35.9 Å². The minimum Gasteiger partial charge on any atom is -0.454 e. The van der Waals surface area contributed by atoms with Crippen LogP contribution in [-0.4, -0.2) is 18.5 Å². The number of carbonyl (C=O) groups is 1. The maximum absolute atomic E-state index is 13.1. The van der Waals surface area contributed by atoms with E-state index in [9.17, 15) is 9.18 Å². The Morgan fingerprint density at radius 2 is 2.04 bits per heavy atom. The maximum atomic E-state index is 13.1. The van der Waals surface area contributed by atoms with E-state index >= 15 is 0 Å². The molecule has 0 fully saturated rings. The van der Waals surface area contributed by atoms with Crippen molar-refractivity contribution < 1.29 is 18.7 Å². The van der Waals surface area contributed by atoms with Gasteiger partial charge in [0.25, 0.3) is 0 Å². The van der Waals surface area contributed by atoms with E-state index < -0.39 is 0 Å². The summed E-state index contributed by atoms with van der Waals surface area (Å²) in [6.07, 6.45) is 0. The zero-order chi connectivity index (χ0) is 16.2. The van der Waals surface area contributed by atoms with Crippen LogP contribution < -0.4 is 14.8 Å². The largest absolute Gasteiger partial charge is 0.454 e. The standard InChI is InChI=1S/C16H13BrFNO3S/c17-13-6-15-14(21-9-22-15)4-10(13)7-23-8-16(20)19-12-3-1-2-11(18)5-12/h1-6H,7-9H2,(H,19,20). The molecule has 0 radical (unpaired) electrons. The second kappa shape index (κ2) is 7.23. The lowest BCUT2D eigenvalue weighted by molar-refractivity contribution is -0.113. The number of ether oxygens (including phenoxy) is 2. The van der Waals surface area contributed by atoms with E-state index in [-0.39, 0.29) is 24.3 Å². The summed E-state index contributed by atoms with van der Waals surface area (Å²) < 4.78 is 24.6. The molecule has 120 valence electrons. The Balaban J connectivity index is 1.52. The summed E-state index contributed by atoms with van der Waals surface area (Å²) in [5.41, 5.74) is 1.48. The van der Waals surface area contributed by atoms with Crippen LogP contribution in [0.15, 0.2) is 40.9 Å². The van der Waals surface area contributed by atoms with Gasteiger partial charge in [0.05, 0.1) is 5.75 Å². The summed E-state index contributed by atoms with van der Waals surface area (Å²) in [5.74, 6) is 1.81. The van der Waals surface area contributed by atoms with Gasteiger partial charge >= 0.3 is 0 Å². The minimum absolute atomic E-state index is 0.169. The molecule has 3 rings (SSSR count). The fourth-order valence-corrected chi connectivity index (χ4v) is 3.55. The summed E-state index contributed by atoms with van der Waals surface area (Å²) in [6.45, 7) is 0.231. The highest BCUT2D eigenvalue weighted by Gasteiger charge is 2.16. The molecule has 1 aliphatic heterocycles. The lowest BCUT2D eigenvalue weighted by Gasteiger charge is -2.07. The number of nitrogens with one attached hydrogen (secondary N) is 1. The summed E-state index contributed by atoms with van der Waals surface area (Å²) >= 11 is 4.95. The molecule has 1 heterocycles. The number of thioether (sulfide) groups is 1. The molecule has 1 aliphatic rings. The van der Waals surface area contributed by atoms with Gasteiger partial charge in [0.15, 0.2) is 11.5 Å². The molecule has 1 N–H and O–H groups in total. The first kappa shape index (κ1) is 16.1. The Labute approximate surface area is 145 Å². The Hall–Kier alpha value is -1.73. The number of rotatable bonds is 5. The molecule has 0 saturated heterocycles. The quantitative estimate of drug-likeness (QED) is 0.821. The lowest BCUT2D eigenvalue weighted by Crippen LogP contribution is -2.14. The lowest BCUT2D eigenvalue weighted by atomic mass is 10.2. The zero-order valence-electron chi connectivity index (χ0n) is 12.0. The topological polar surface area (TPSA) is 47.6 Å². The number of amides is 1. The first-order valence-electron chi connectivity index (χ1n) is 6.83. The molecule has 0 bridgehead atoms. The first-order valence-corrected chi connectivity index (χ1v) is 8.78. The minimum atomic E-state index is -0.375. The average Bonchev–Trinajstić information content (AvgIpc) is 2.94. The van der Waals surface area contributed by atoms with Gasteiger partial charge in [0.1, 0.15) is 5.82 Å². The van der Waals surface area contributed by atoms with Crippen LogP contribution >= 0.6 is 27.7 Å². The van der Waals surface area contributed by atoms with Crippen molar-refractivity contribution in [3.63, 3.8) is 0 Å². The van der Waals surface area contributed by atoms with Gasteiger partial charge in [0.2, 0.25) is 12.7 Å². The summed E-state index contributed by atoms with van der Waals surface area (Å²) in [7, 11) is 0. The molecule has 0 aliphatic carbocycles. The van der Waals surface area contributed by atoms with E-state index in [0.717, 1.165) is 15.8 Å². The molecule has 2 aromatic rings. The number of fused-ring (bicyclic) bond motifs is 1. The Morgan fingerprint density at radius 3 is 2.83 bits per heavy atom. The van der Waals surface area contributed by atoms with Gasteiger partial charge in [-0.25, -0.2) is 4.39 Å². The fraction of sp³-hybridized carbons (Fsp3) is 0.188. The SMILES string of the molecule is O=C(CSCc1cc2c(cc1Br)OCO2)Nc1cccc(F)c1. The maximum Gasteiger partial charge on any atom is 0.234 e. The van der Waals surface area contributed by atoms with Crippen LogP contribution in [0.3, 0.4) is 0 Å². The molecule has 0 aromatic heterocycles. The van der Waals surface area contributed by atoms with E-state index in [1.807, 2.05) is 12.1 Å². The van der Waals surface area contributed by atoms with E-state index in [4.69, 9.17) is 9.47 Å². The molecule has 7 heteroatoms. The Morgan fingerprint density at radius 1 is 1.26 bits per heavy atom. The molecule has 0 saturated carbocycles.